The molecule has 2 aromatic carbocycles. The van der Waals surface area contributed by atoms with Crippen LogP contribution in [0.2, 0.25) is 5.02 Å². The van der Waals surface area contributed by atoms with Gasteiger partial charge in [-0.2, -0.15) is 4.98 Å². The maximum atomic E-state index is 14.8. The fraction of sp³-hybridized carbons (Fsp3) is 0.174. The normalized spacial score (nSPS) is 12.2. The first kappa shape index (κ1) is 22.6. The van der Waals surface area contributed by atoms with Gasteiger partial charge in [-0.3, -0.25) is 4.79 Å². The van der Waals surface area contributed by atoms with Crippen LogP contribution in [0.5, 0.6) is 0 Å². The Bertz CT molecular complexity index is 1340. The van der Waals surface area contributed by atoms with Gasteiger partial charge >= 0.3 is 0 Å². The molecule has 4 N–H and O–H groups in total. The first-order valence-corrected chi connectivity index (χ1v) is 10.4. The molecule has 0 bridgehead atoms. The second-order valence-electron chi connectivity index (χ2n) is 7.52. The van der Waals surface area contributed by atoms with Crippen molar-refractivity contribution in [1.82, 2.24) is 19.9 Å². The average molecular weight is 472 g/mol. The molecule has 1 amide bonds. The number of anilines is 1. The van der Waals surface area contributed by atoms with Crippen LogP contribution in [0, 0.1) is 18.6 Å². The van der Waals surface area contributed by atoms with Crippen molar-refractivity contribution >= 4 is 29.1 Å². The Balaban J connectivity index is 1.54. The number of nitrogen functional groups attached to an aromatic ring is 1. The molecule has 2 heterocycles. The number of benzene rings is 2. The summed E-state index contributed by atoms with van der Waals surface area (Å²) in [5.74, 6) is -2.72. The summed E-state index contributed by atoms with van der Waals surface area (Å²) in [6.45, 7) is 1.46. The summed E-state index contributed by atoms with van der Waals surface area (Å²) in [5, 5.41) is 17.4. The van der Waals surface area contributed by atoms with Crippen LogP contribution >= 0.6 is 11.6 Å². The molecule has 33 heavy (non-hydrogen) atoms. The number of pyridine rings is 1. The molecule has 4 rings (SSSR count). The molecule has 0 saturated carbocycles. The number of hydrogen-bond donors (Lipinski definition) is 3. The van der Waals surface area contributed by atoms with Crippen LogP contribution < -0.4 is 11.1 Å². The predicted molar refractivity (Wildman–Crippen MR) is 121 cm³/mol. The number of aliphatic hydroxyl groups excluding tert-OH is 1. The zero-order valence-corrected chi connectivity index (χ0v) is 18.3. The lowest BCUT2D eigenvalue weighted by Crippen LogP contribution is -2.27. The lowest BCUT2D eigenvalue weighted by molar-refractivity contribution is 0.0941. The molecule has 0 saturated heterocycles. The van der Waals surface area contributed by atoms with Crippen LogP contribution in [-0.4, -0.2) is 32.2 Å². The minimum Gasteiger partial charge on any atom is -0.388 e. The van der Waals surface area contributed by atoms with Gasteiger partial charge in [0.05, 0.1) is 6.10 Å². The average Bonchev–Trinajstić information content (AvgIpc) is 3.17. The van der Waals surface area contributed by atoms with Crippen LogP contribution in [0.4, 0.5) is 14.7 Å². The van der Waals surface area contributed by atoms with E-state index in [-0.39, 0.29) is 35.6 Å². The molecule has 170 valence electrons. The van der Waals surface area contributed by atoms with Gasteiger partial charge in [0.25, 0.3) is 5.91 Å². The summed E-state index contributed by atoms with van der Waals surface area (Å²) in [6.07, 6.45) is 0.934. The van der Waals surface area contributed by atoms with E-state index in [2.05, 4.69) is 15.4 Å². The number of hydrogen-bond acceptors (Lipinski definition) is 5. The SMILES string of the molecule is Cc1c(C(=O)NCCC(O)c2ccc(Cl)cc2)cc(-c2ccn3nc(N)nc3c2)c(F)c1F. The summed E-state index contributed by atoms with van der Waals surface area (Å²) in [7, 11) is 0. The largest absolute Gasteiger partial charge is 0.388 e. The highest BCUT2D eigenvalue weighted by atomic mass is 35.5. The van der Waals surface area contributed by atoms with Gasteiger partial charge in [-0.15, -0.1) is 5.10 Å². The van der Waals surface area contributed by atoms with Crippen molar-refractivity contribution < 1.29 is 18.7 Å². The molecule has 1 atom stereocenters. The van der Waals surface area contributed by atoms with Crippen molar-refractivity contribution in [1.29, 1.82) is 0 Å². The molecule has 1 unspecified atom stereocenters. The molecule has 4 aromatic rings. The second-order valence-corrected chi connectivity index (χ2v) is 7.96. The number of halogens is 3. The first-order chi connectivity index (χ1) is 15.7. The van der Waals surface area contributed by atoms with Crippen LogP contribution in [-0.2, 0) is 0 Å². The van der Waals surface area contributed by atoms with E-state index < -0.39 is 23.6 Å². The lowest BCUT2D eigenvalue weighted by atomic mass is 9.98. The molecule has 7 nitrogen and oxygen atoms in total. The fourth-order valence-corrected chi connectivity index (χ4v) is 3.62. The molecule has 0 radical (unpaired) electrons. The van der Waals surface area contributed by atoms with Crippen molar-refractivity contribution in [3.8, 4) is 11.1 Å². The van der Waals surface area contributed by atoms with Crippen molar-refractivity contribution in [3.63, 3.8) is 0 Å². The quantitative estimate of drug-likeness (QED) is 0.393. The topological polar surface area (TPSA) is 106 Å². The Kier molecular flexibility index (Phi) is 6.26. The fourth-order valence-electron chi connectivity index (χ4n) is 3.50. The summed E-state index contributed by atoms with van der Waals surface area (Å²) < 4.78 is 30.8. The summed E-state index contributed by atoms with van der Waals surface area (Å²) in [4.78, 5) is 16.8. The van der Waals surface area contributed by atoms with E-state index in [0.717, 1.165) is 0 Å². The van der Waals surface area contributed by atoms with E-state index in [1.807, 2.05) is 0 Å². The molecular formula is C23H20ClF2N5O2. The molecule has 0 spiro atoms. The summed E-state index contributed by atoms with van der Waals surface area (Å²) in [5.41, 5.74) is 6.69. The van der Waals surface area contributed by atoms with Gasteiger partial charge in [-0.1, -0.05) is 23.7 Å². The zero-order chi connectivity index (χ0) is 23.7. The molecular weight excluding hydrogens is 452 g/mol. The molecule has 0 aliphatic rings. The number of nitrogens with one attached hydrogen (secondary N) is 1. The van der Waals surface area contributed by atoms with Crippen LogP contribution in [0.3, 0.4) is 0 Å². The maximum absolute atomic E-state index is 14.8. The van der Waals surface area contributed by atoms with Gasteiger partial charge in [-0.05, 0) is 54.8 Å². The minimum atomic E-state index is -1.11. The number of carbonyl (C=O) groups excluding carboxylic acids is 1. The minimum absolute atomic E-state index is 0.00858. The number of nitrogens with zero attached hydrogens (tertiary/aromatic N) is 3. The van der Waals surface area contributed by atoms with E-state index in [1.54, 1.807) is 24.3 Å². The molecule has 10 heteroatoms. The van der Waals surface area contributed by atoms with Gasteiger partial charge in [-0.25, -0.2) is 13.3 Å². The third-order valence-electron chi connectivity index (χ3n) is 5.32. The number of fused-ring (bicyclic) bond motifs is 1. The zero-order valence-electron chi connectivity index (χ0n) is 17.5. The second kappa shape index (κ2) is 9.13. The van der Waals surface area contributed by atoms with Crippen LogP contribution in [0.15, 0.2) is 48.7 Å². The monoisotopic (exact) mass is 471 g/mol. The number of aliphatic hydroxyl groups is 1. The van der Waals surface area contributed by atoms with E-state index in [0.29, 0.717) is 21.8 Å². The highest BCUT2D eigenvalue weighted by molar-refractivity contribution is 6.30. The Morgan fingerprint density at radius 3 is 2.67 bits per heavy atom. The molecule has 0 aliphatic carbocycles. The van der Waals surface area contributed by atoms with Crippen molar-refractivity contribution in [2.45, 2.75) is 19.4 Å². The van der Waals surface area contributed by atoms with E-state index in [1.165, 1.54) is 35.8 Å². The third kappa shape index (κ3) is 4.64. The van der Waals surface area contributed by atoms with Crippen LogP contribution in [0.1, 0.15) is 34.0 Å². The third-order valence-corrected chi connectivity index (χ3v) is 5.57. The van der Waals surface area contributed by atoms with Crippen molar-refractivity contribution in [2.75, 3.05) is 12.3 Å². The Morgan fingerprint density at radius 1 is 1.21 bits per heavy atom. The Labute approximate surface area is 192 Å². The standard InChI is InChI=1S/C23H20ClF2N5O2/c1-12-16(22(33)28-8-6-18(32)13-2-4-15(24)5-3-13)11-17(21(26)20(12)25)14-7-9-31-19(10-14)29-23(27)30-31/h2-5,7,9-11,18,32H,6,8H2,1H3,(H2,27,30)(H,28,33). The number of nitrogens with two attached hydrogens (primary N) is 1. The van der Waals surface area contributed by atoms with Gasteiger partial charge in [0, 0.05) is 34.5 Å². The van der Waals surface area contributed by atoms with Gasteiger partial charge in [0.1, 0.15) is 0 Å². The molecule has 2 aromatic heterocycles. The number of rotatable bonds is 6. The number of aromatic nitrogens is 3. The predicted octanol–water partition coefficient (Wildman–Crippen LogP) is 4.07. The van der Waals surface area contributed by atoms with E-state index in [9.17, 15) is 18.7 Å². The van der Waals surface area contributed by atoms with Gasteiger partial charge < -0.3 is 16.2 Å². The van der Waals surface area contributed by atoms with Crippen LogP contribution in [0.25, 0.3) is 16.8 Å². The van der Waals surface area contributed by atoms with E-state index >= 15 is 0 Å². The Hall–Kier alpha value is -3.56. The maximum Gasteiger partial charge on any atom is 0.251 e. The van der Waals surface area contributed by atoms with Crippen molar-refractivity contribution in [2.24, 2.45) is 0 Å². The molecule has 0 aliphatic heterocycles. The highest BCUT2D eigenvalue weighted by Gasteiger charge is 2.21. The Morgan fingerprint density at radius 2 is 1.94 bits per heavy atom. The summed E-state index contributed by atoms with van der Waals surface area (Å²) >= 11 is 5.85. The molecule has 0 fully saturated rings. The number of carbonyl (C=O) groups is 1. The summed E-state index contributed by atoms with van der Waals surface area (Å²) in [6, 6.07) is 11.0. The van der Waals surface area contributed by atoms with Gasteiger partial charge in [0.15, 0.2) is 17.3 Å². The number of amides is 1. The van der Waals surface area contributed by atoms with Crippen molar-refractivity contribution in [3.05, 3.63) is 82.0 Å². The smallest absolute Gasteiger partial charge is 0.251 e. The van der Waals surface area contributed by atoms with E-state index in [4.69, 9.17) is 17.3 Å². The first-order valence-electron chi connectivity index (χ1n) is 10.1. The highest BCUT2D eigenvalue weighted by Crippen LogP contribution is 2.29. The lowest BCUT2D eigenvalue weighted by Gasteiger charge is -2.14. The van der Waals surface area contributed by atoms with Gasteiger partial charge in [0.2, 0.25) is 5.95 Å².